The van der Waals surface area contributed by atoms with E-state index in [1.54, 1.807) is 12.1 Å². The molecular formula is C26H16Cl5F2NO4. The van der Waals surface area contributed by atoms with Crippen LogP contribution in [0.5, 0.6) is 5.75 Å². The Labute approximate surface area is 240 Å². The summed E-state index contributed by atoms with van der Waals surface area (Å²) in [4.78, 5) is 37.1. The standard InChI is InChI=1S/C26H16Cl5F2NO4/c1-11(35)38-24-19(32)5-2-12(23(24)33)8-20(36)17-10-16(3-4-18(17)29)34-25(37)22-21(26(22,30)31)13-6-14(27)9-15(28)7-13/h2-7,9-10,21-22H,8H2,1H3,(H,34,37). The van der Waals surface area contributed by atoms with Gasteiger partial charge in [0.25, 0.3) is 0 Å². The molecule has 2 unspecified atom stereocenters. The maximum atomic E-state index is 14.7. The Morgan fingerprint density at radius 2 is 1.63 bits per heavy atom. The van der Waals surface area contributed by atoms with Crippen molar-refractivity contribution in [3.63, 3.8) is 0 Å². The van der Waals surface area contributed by atoms with Crippen LogP contribution in [0.4, 0.5) is 14.5 Å². The van der Waals surface area contributed by atoms with Gasteiger partial charge in [0.2, 0.25) is 11.7 Å². The molecule has 1 aliphatic carbocycles. The molecule has 0 spiro atoms. The maximum absolute atomic E-state index is 14.7. The van der Waals surface area contributed by atoms with Gasteiger partial charge in [-0.3, -0.25) is 14.4 Å². The van der Waals surface area contributed by atoms with Crippen LogP contribution in [0.25, 0.3) is 0 Å². The predicted octanol–water partition coefficient (Wildman–Crippen LogP) is 7.80. The summed E-state index contributed by atoms with van der Waals surface area (Å²) in [6.45, 7) is 0.989. The van der Waals surface area contributed by atoms with E-state index < -0.39 is 57.6 Å². The Hall–Kier alpha value is -2.42. The number of alkyl halides is 2. The molecule has 0 bridgehead atoms. The molecule has 1 amide bonds. The van der Waals surface area contributed by atoms with Crippen molar-refractivity contribution in [1.29, 1.82) is 0 Å². The third-order valence-electron chi connectivity index (χ3n) is 5.84. The summed E-state index contributed by atoms with van der Waals surface area (Å²) >= 11 is 31.1. The molecule has 0 radical (unpaired) electrons. The van der Waals surface area contributed by atoms with Gasteiger partial charge >= 0.3 is 5.97 Å². The lowest BCUT2D eigenvalue weighted by atomic mass is 10.0. The number of benzene rings is 3. The van der Waals surface area contributed by atoms with E-state index in [1.807, 2.05) is 0 Å². The average molecular weight is 622 g/mol. The van der Waals surface area contributed by atoms with E-state index in [4.69, 9.17) is 58.0 Å². The highest BCUT2D eigenvalue weighted by atomic mass is 35.5. The van der Waals surface area contributed by atoms with Crippen molar-refractivity contribution in [3.05, 3.63) is 91.9 Å². The number of rotatable bonds is 7. The van der Waals surface area contributed by atoms with Crippen LogP contribution >= 0.6 is 58.0 Å². The van der Waals surface area contributed by atoms with E-state index in [2.05, 4.69) is 10.1 Å². The molecule has 38 heavy (non-hydrogen) atoms. The molecule has 1 saturated carbocycles. The first-order valence-corrected chi connectivity index (χ1v) is 12.8. The van der Waals surface area contributed by atoms with Gasteiger partial charge in [-0.05, 0) is 53.6 Å². The highest BCUT2D eigenvalue weighted by molar-refractivity contribution is 6.53. The predicted molar refractivity (Wildman–Crippen MR) is 143 cm³/mol. The normalized spacial score (nSPS) is 17.6. The first-order valence-electron chi connectivity index (χ1n) is 10.9. The number of amides is 1. The van der Waals surface area contributed by atoms with E-state index in [0.717, 1.165) is 19.1 Å². The molecule has 2 atom stereocenters. The third-order valence-corrected chi connectivity index (χ3v) is 7.55. The number of nitrogens with one attached hydrogen (secondary N) is 1. The van der Waals surface area contributed by atoms with Gasteiger partial charge in [-0.2, -0.15) is 0 Å². The monoisotopic (exact) mass is 619 g/mol. The number of ether oxygens (including phenoxy) is 1. The lowest BCUT2D eigenvalue weighted by molar-refractivity contribution is -0.132. The molecule has 3 aromatic rings. The lowest BCUT2D eigenvalue weighted by Crippen LogP contribution is -2.17. The molecule has 12 heteroatoms. The number of hydrogen-bond acceptors (Lipinski definition) is 4. The van der Waals surface area contributed by atoms with Crippen LogP contribution in [0.1, 0.15) is 34.3 Å². The highest BCUT2D eigenvalue weighted by Crippen LogP contribution is 2.65. The average Bonchev–Trinajstić information content (AvgIpc) is 3.41. The van der Waals surface area contributed by atoms with Gasteiger partial charge in [0.05, 0.1) is 10.9 Å². The molecule has 0 aliphatic heterocycles. The number of Topliss-reactive ketones (excluding diaryl/α,β-unsaturated/α-hetero) is 1. The molecule has 1 fully saturated rings. The number of carbonyl (C=O) groups is 3. The summed E-state index contributed by atoms with van der Waals surface area (Å²) in [5.74, 6) is -6.68. The summed E-state index contributed by atoms with van der Waals surface area (Å²) in [7, 11) is 0. The Morgan fingerprint density at radius 3 is 2.26 bits per heavy atom. The van der Waals surface area contributed by atoms with Crippen LogP contribution < -0.4 is 10.1 Å². The maximum Gasteiger partial charge on any atom is 0.308 e. The van der Waals surface area contributed by atoms with Crippen LogP contribution in [-0.4, -0.2) is 22.0 Å². The second-order valence-electron chi connectivity index (χ2n) is 8.56. The van der Waals surface area contributed by atoms with Crippen LogP contribution in [0.3, 0.4) is 0 Å². The van der Waals surface area contributed by atoms with Crippen molar-refractivity contribution in [2.75, 3.05) is 5.32 Å². The van der Waals surface area contributed by atoms with Gasteiger partial charge in [-0.25, -0.2) is 8.78 Å². The second-order valence-corrected chi connectivity index (χ2v) is 11.3. The van der Waals surface area contributed by atoms with Gasteiger partial charge in [-0.15, -0.1) is 23.2 Å². The highest BCUT2D eigenvalue weighted by Gasteiger charge is 2.67. The summed E-state index contributed by atoms with van der Waals surface area (Å²) < 4.78 is 31.8. The minimum absolute atomic E-state index is 0.0285. The largest absolute Gasteiger partial charge is 0.420 e. The second kappa shape index (κ2) is 11.0. The number of halogens is 7. The van der Waals surface area contributed by atoms with Crippen molar-refractivity contribution in [1.82, 2.24) is 0 Å². The Morgan fingerprint density at radius 1 is 0.974 bits per heavy atom. The number of anilines is 1. The minimum atomic E-state index is -1.41. The van der Waals surface area contributed by atoms with Gasteiger partial charge in [0.1, 0.15) is 4.33 Å². The zero-order chi connectivity index (χ0) is 27.9. The third kappa shape index (κ3) is 5.92. The van der Waals surface area contributed by atoms with Crippen molar-refractivity contribution >= 4 is 81.4 Å². The minimum Gasteiger partial charge on any atom is -0.420 e. The fourth-order valence-corrected chi connectivity index (χ4v) is 5.67. The van der Waals surface area contributed by atoms with Gasteiger partial charge in [0.15, 0.2) is 17.4 Å². The smallest absolute Gasteiger partial charge is 0.308 e. The molecule has 5 nitrogen and oxygen atoms in total. The number of ketones is 1. The quantitative estimate of drug-likeness (QED) is 0.127. The zero-order valence-electron chi connectivity index (χ0n) is 19.3. The molecule has 0 saturated heterocycles. The van der Waals surface area contributed by atoms with Crippen molar-refractivity contribution in [3.8, 4) is 5.75 Å². The van der Waals surface area contributed by atoms with Gasteiger partial charge in [0, 0.05) is 40.6 Å². The van der Waals surface area contributed by atoms with Gasteiger partial charge < -0.3 is 10.1 Å². The number of carbonyl (C=O) groups excluding carboxylic acids is 3. The molecule has 4 rings (SSSR count). The van der Waals surface area contributed by atoms with Crippen LogP contribution in [0.2, 0.25) is 15.1 Å². The van der Waals surface area contributed by atoms with Crippen molar-refractivity contribution < 1.29 is 27.9 Å². The van der Waals surface area contributed by atoms with Gasteiger partial charge in [-0.1, -0.05) is 40.9 Å². The van der Waals surface area contributed by atoms with E-state index in [1.165, 1.54) is 24.3 Å². The summed E-state index contributed by atoms with van der Waals surface area (Å²) in [6.07, 6.45) is -0.524. The van der Waals surface area contributed by atoms with E-state index >= 15 is 0 Å². The van der Waals surface area contributed by atoms with Crippen LogP contribution in [0, 0.1) is 17.6 Å². The molecule has 0 heterocycles. The first-order chi connectivity index (χ1) is 17.8. The number of esters is 1. The van der Waals surface area contributed by atoms with E-state index in [-0.39, 0.29) is 21.8 Å². The molecule has 1 aliphatic rings. The summed E-state index contributed by atoms with van der Waals surface area (Å²) in [6, 6.07) is 10.9. The van der Waals surface area contributed by atoms with Crippen molar-refractivity contribution in [2.45, 2.75) is 23.6 Å². The van der Waals surface area contributed by atoms with Crippen LogP contribution in [-0.2, 0) is 16.0 Å². The van der Waals surface area contributed by atoms with Crippen molar-refractivity contribution in [2.24, 2.45) is 5.92 Å². The van der Waals surface area contributed by atoms with Crippen LogP contribution in [0.15, 0.2) is 48.5 Å². The molecule has 1 N–H and O–H groups in total. The summed E-state index contributed by atoms with van der Waals surface area (Å²) in [5.41, 5.74) is 0.559. The van der Waals surface area contributed by atoms with E-state index in [9.17, 15) is 23.2 Å². The molecule has 3 aromatic carbocycles. The SMILES string of the molecule is CC(=O)Oc1c(F)ccc(CC(=O)c2cc(NC(=O)C3C(c4cc(Cl)cc(Cl)c4)C3(Cl)Cl)ccc2Cl)c1F. The lowest BCUT2D eigenvalue weighted by Gasteiger charge is -2.11. The topological polar surface area (TPSA) is 72.5 Å². The number of hydrogen-bond donors (Lipinski definition) is 1. The Kier molecular flexibility index (Phi) is 8.26. The summed E-state index contributed by atoms with van der Waals surface area (Å²) in [5, 5.41) is 3.42. The molecular weight excluding hydrogens is 606 g/mol. The zero-order valence-corrected chi connectivity index (χ0v) is 23.0. The van der Waals surface area contributed by atoms with E-state index in [0.29, 0.717) is 15.6 Å². The molecule has 198 valence electrons. The molecule has 0 aromatic heterocycles. The fourth-order valence-electron chi connectivity index (χ4n) is 4.07. The Bertz CT molecular complexity index is 1460. The Balaban J connectivity index is 1.53. The first kappa shape index (κ1) is 28.6. The fraction of sp³-hybridized carbons (Fsp3) is 0.192.